The Balaban J connectivity index is 1.72. The maximum Gasteiger partial charge on any atom is 0.320 e. The molecule has 2 heterocycles. The number of hydrogen-bond acceptors (Lipinski definition) is 5. The minimum atomic E-state index is -0.802. The van der Waals surface area contributed by atoms with Gasteiger partial charge in [-0.3, -0.25) is 9.69 Å². The van der Waals surface area contributed by atoms with E-state index >= 15 is 0 Å². The van der Waals surface area contributed by atoms with Crippen LogP contribution in [0.5, 0.6) is 17.2 Å². The van der Waals surface area contributed by atoms with Crippen molar-refractivity contribution in [3.8, 4) is 17.2 Å². The molecule has 4 rings (SSSR count). The molecule has 0 bridgehead atoms. The van der Waals surface area contributed by atoms with E-state index in [1.54, 1.807) is 12.1 Å². The predicted molar refractivity (Wildman–Crippen MR) is 119 cm³/mol. The highest BCUT2D eigenvalue weighted by atomic mass is 16.5. The molecule has 0 radical (unpaired) electrons. The lowest BCUT2D eigenvalue weighted by molar-refractivity contribution is -0.144. The van der Waals surface area contributed by atoms with Gasteiger partial charge >= 0.3 is 5.97 Å². The van der Waals surface area contributed by atoms with Gasteiger partial charge in [-0.25, -0.2) is 0 Å². The number of piperidine rings is 1. The molecule has 0 aromatic heterocycles. The topological polar surface area (TPSA) is 90.2 Å². The highest BCUT2D eigenvalue weighted by Crippen LogP contribution is 2.41. The van der Waals surface area contributed by atoms with E-state index in [1.807, 2.05) is 23.1 Å². The molecule has 0 saturated carbocycles. The van der Waals surface area contributed by atoms with Crippen LogP contribution in [0, 0.1) is 0 Å². The predicted octanol–water partition coefficient (Wildman–Crippen LogP) is 4.42. The maximum atomic E-state index is 11.7. The lowest BCUT2D eigenvalue weighted by Crippen LogP contribution is -2.44. The number of rotatable bonds is 6. The second-order valence-electron chi connectivity index (χ2n) is 8.36. The molecule has 0 amide bonds. The fraction of sp³-hybridized carbons (Fsp3) is 0.400. The van der Waals surface area contributed by atoms with Crippen molar-refractivity contribution in [1.29, 1.82) is 0 Å². The number of nitrogens with zero attached hydrogens (tertiary/aromatic N) is 1. The Hall–Kier alpha value is -2.99. The van der Waals surface area contributed by atoms with Gasteiger partial charge in [0.15, 0.2) is 0 Å². The van der Waals surface area contributed by atoms with Gasteiger partial charge in [0.25, 0.3) is 0 Å². The number of phenolic OH excluding ortho intramolecular Hbond substituents is 2. The van der Waals surface area contributed by atoms with E-state index in [2.05, 4.69) is 13.0 Å². The van der Waals surface area contributed by atoms with Crippen LogP contribution < -0.4 is 4.74 Å². The Labute approximate surface area is 182 Å². The van der Waals surface area contributed by atoms with Crippen LogP contribution in [0.1, 0.15) is 54.9 Å². The molecular weight excluding hydrogens is 394 g/mol. The van der Waals surface area contributed by atoms with Gasteiger partial charge in [0.2, 0.25) is 0 Å². The third kappa shape index (κ3) is 4.39. The molecule has 164 valence electrons. The summed E-state index contributed by atoms with van der Waals surface area (Å²) in [5.41, 5.74) is 4.39. The van der Waals surface area contributed by atoms with Crippen LogP contribution in [0.25, 0.3) is 11.6 Å². The van der Waals surface area contributed by atoms with Crippen molar-refractivity contribution in [2.24, 2.45) is 0 Å². The van der Waals surface area contributed by atoms with Crippen molar-refractivity contribution in [3.63, 3.8) is 0 Å². The van der Waals surface area contributed by atoms with E-state index in [0.717, 1.165) is 47.1 Å². The summed E-state index contributed by atoms with van der Waals surface area (Å²) < 4.78 is 6.09. The van der Waals surface area contributed by atoms with Crippen LogP contribution in [0.15, 0.2) is 30.3 Å². The standard InChI is InChI=1S/C25H29NO5/c1-2-5-21-23(28)18(14-26-11-4-3-6-22(26)25(29)30)12-17-13-19(15-31-24(17)21)16-7-9-20(27)10-8-16/h7-10,12-13,22,27-28H,2-6,11,14-15H2,1H3,(H,29,30). The van der Waals surface area contributed by atoms with Crippen LogP contribution >= 0.6 is 0 Å². The summed E-state index contributed by atoms with van der Waals surface area (Å²) in [4.78, 5) is 13.7. The molecule has 1 saturated heterocycles. The zero-order valence-corrected chi connectivity index (χ0v) is 17.8. The Morgan fingerprint density at radius 3 is 2.68 bits per heavy atom. The fourth-order valence-corrected chi connectivity index (χ4v) is 4.58. The number of fused-ring (bicyclic) bond motifs is 1. The lowest BCUT2D eigenvalue weighted by atomic mass is 9.93. The number of carbonyl (C=O) groups is 1. The minimum absolute atomic E-state index is 0.216. The third-order valence-electron chi connectivity index (χ3n) is 6.17. The van der Waals surface area contributed by atoms with Gasteiger partial charge in [-0.1, -0.05) is 31.9 Å². The number of aromatic hydroxyl groups is 2. The van der Waals surface area contributed by atoms with Gasteiger partial charge in [0, 0.05) is 23.2 Å². The monoisotopic (exact) mass is 423 g/mol. The second kappa shape index (κ2) is 9.02. The third-order valence-corrected chi connectivity index (χ3v) is 6.17. The van der Waals surface area contributed by atoms with Crippen LogP contribution in [0.2, 0.25) is 0 Å². The molecule has 2 aliphatic heterocycles. The van der Waals surface area contributed by atoms with E-state index in [4.69, 9.17) is 4.74 Å². The molecule has 1 unspecified atom stereocenters. The quantitative estimate of drug-likeness (QED) is 0.637. The minimum Gasteiger partial charge on any atom is -0.508 e. The molecule has 3 N–H and O–H groups in total. The van der Waals surface area contributed by atoms with Crippen LogP contribution in [0.4, 0.5) is 0 Å². The molecule has 2 aromatic carbocycles. The van der Waals surface area contributed by atoms with Gasteiger partial charge in [-0.2, -0.15) is 0 Å². The summed E-state index contributed by atoms with van der Waals surface area (Å²) in [6, 6.07) is 8.43. The second-order valence-corrected chi connectivity index (χ2v) is 8.36. The van der Waals surface area contributed by atoms with Crippen molar-refractivity contribution < 1.29 is 24.9 Å². The Bertz CT molecular complexity index is 996. The molecule has 2 aliphatic rings. The van der Waals surface area contributed by atoms with Crippen molar-refractivity contribution in [2.45, 2.75) is 51.6 Å². The molecule has 2 aromatic rings. The van der Waals surface area contributed by atoms with E-state index < -0.39 is 12.0 Å². The summed E-state index contributed by atoms with van der Waals surface area (Å²) in [7, 11) is 0. The van der Waals surface area contributed by atoms with E-state index in [-0.39, 0.29) is 11.5 Å². The molecule has 0 spiro atoms. The van der Waals surface area contributed by atoms with Gasteiger partial charge in [-0.05, 0) is 61.2 Å². The van der Waals surface area contributed by atoms with Gasteiger partial charge in [0.1, 0.15) is 29.9 Å². The first-order chi connectivity index (χ1) is 15.0. The number of benzene rings is 2. The first-order valence-corrected chi connectivity index (χ1v) is 10.9. The normalized spacial score (nSPS) is 18.7. The van der Waals surface area contributed by atoms with Crippen molar-refractivity contribution >= 4 is 17.6 Å². The largest absolute Gasteiger partial charge is 0.508 e. The maximum absolute atomic E-state index is 11.7. The molecule has 1 fully saturated rings. The SMILES string of the molecule is CCCc1c(O)c(CN2CCCCC2C(=O)O)cc2c1OCC(c1ccc(O)cc1)=C2. The number of phenols is 2. The highest BCUT2D eigenvalue weighted by molar-refractivity contribution is 5.87. The summed E-state index contributed by atoms with van der Waals surface area (Å²) in [5.74, 6) is 0.341. The number of carboxylic acid groups (broad SMARTS) is 1. The van der Waals surface area contributed by atoms with Crippen molar-refractivity contribution in [2.75, 3.05) is 13.2 Å². The van der Waals surface area contributed by atoms with Crippen molar-refractivity contribution in [1.82, 2.24) is 4.90 Å². The molecule has 6 nitrogen and oxygen atoms in total. The van der Waals surface area contributed by atoms with Gasteiger partial charge in [0.05, 0.1) is 0 Å². The average Bonchev–Trinajstić information content (AvgIpc) is 2.77. The smallest absolute Gasteiger partial charge is 0.320 e. The number of aliphatic carboxylic acids is 1. The van der Waals surface area contributed by atoms with E-state index in [1.165, 1.54) is 0 Å². The number of ether oxygens (including phenoxy) is 1. The zero-order valence-electron chi connectivity index (χ0n) is 17.8. The van der Waals surface area contributed by atoms with Crippen LogP contribution in [-0.2, 0) is 17.8 Å². The van der Waals surface area contributed by atoms with Crippen LogP contribution in [0.3, 0.4) is 0 Å². The first-order valence-electron chi connectivity index (χ1n) is 10.9. The first kappa shape index (κ1) is 21.2. The molecular formula is C25H29NO5. The summed E-state index contributed by atoms with van der Waals surface area (Å²) in [6.07, 6.45) is 6.13. The number of likely N-dealkylation sites (tertiary alicyclic amines) is 1. The average molecular weight is 424 g/mol. The zero-order chi connectivity index (χ0) is 22.0. The van der Waals surface area contributed by atoms with Gasteiger partial charge in [-0.15, -0.1) is 0 Å². The Kier molecular flexibility index (Phi) is 6.18. The van der Waals surface area contributed by atoms with Gasteiger partial charge < -0.3 is 20.1 Å². The molecule has 6 heteroatoms. The number of hydrogen-bond donors (Lipinski definition) is 3. The summed E-state index contributed by atoms with van der Waals surface area (Å²) in [6.45, 7) is 3.56. The fourth-order valence-electron chi connectivity index (χ4n) is 4.58. The summed E-state index contributed by atoms with van der Waals surface area (Å²) >= 11 is 0. The van der Waals surface area contributed by atoms with E-state index in [0.29, 0.717) is 38.3 Å². The summed E-state index contributed by atoms with van der Waals surface area (Å²) in [5, 5.41) is 30.2. The lowest BCUT2D eigenvalue weighted by Gasteiger charge is -2.33. The molecule has 1 atom stereocenters. The highest BCUT2D eigenvalue weighted by Gasteiger charge is 2.30. The van der Waals surface area contributed by atoms with Crippen molar-refractivity contribution in [3.05, 3.63) is 52.6 Å². The Morgan fingerprint density at radius 1 is 1.19 bits per heavy atom. The molecule has 31 heavy (non-hydrogen) atoms. The van der Waals surface area contributed by atoms with E-state index in [9.17, 15) is 20.1 Å². The number of carboxylic acids is 1. The van der Waals surface area contributed by atoms with Crippen LogP contribution in [-0.4, -0.2) is 45.4 Å². The Morgan fingerprint density at radius 2 is 1.97 bits per heavy atom. The molecule has 0 aliphatic carbocycles.